The second kappa shape index (κ2) is 11.9. The van der Waals surface area contributed by atoms with Crippen LogP contribution in [-0.2, 0) is 7.05 Å². The van der Waals surface area contributed by atoms with E-state index >= 15 is 0 Å². The summed E-state index contributed by atoms with van der Waals surface area (Å²) in [4.78, 5) is 36.1. The smallest absolute Gasteiger partial charge is 0.261 e. The van der Waals surface area contributed by atoms with Gasteiger partial charge in [0.1, 0.15) is 22.6 Å². The summed E-state index contributed by atoms with van der Waals surface area (Å²) in [6.07, 6.45) is 6.47. The van der Waals surface area contributed by atoms with E-state index in [0.717, 1.165) is 0 Å². The number of nitrogens with one attached hydrogen (secondary N) is 1. The van der Waals surface area contributed by atoms with Crippen LogP contribution in [0.15, 0.2) is 90.2 Å². The highest BCUT2D eigenvalue weighted by molar-refractivity contribution is 6.05. The molecule has 45 heavy (non-hydrogen) atoms. The van der Waals surface area contributed by atoms with Crippen LogP contribution < -0.4 is 25.0 Å². The summed E-state index contributed by atoms with van der Waals surface area (Å²) in [5, 5.41) is 7.02. The molecule has 6 rings (SSSR count). The number of anilines is 1. The third-order valence-electron chi connectivity index (χ3n) is 7.16. The Morgan fingerprint density at radius 2 is 1.71 bits per heavy atom. The van der Waals surface area contributed by atoms with E-state index in [2.05, 4.69) is 20.4 Å². The first kappa shape index (κ1) is 29.1. The molecule has 12 heteroatoms. The van der Waals surface area contributed by atoms with E-state index in [1.807, 2.05) is 0 Å². The van der Waals surface area contributed by atoms with Crippen LogP contribution in [-0.4, -0.2) is 44.4 Å². The van der Waals surface area contributed by atoms with Crippen molar-refractivity contribution in [2.24, 2.45) is 7.05 Å². The molecule has 11 nitrogen and oxygen atoms in total. The number of aryl methyl sites for hydroxylation is 1. The Labute approximate surface area is 256 Å². The molecule has 0 saturated heterocycles. The van der Waals surface area contributed by atoms with Gasteiger partial charge in [0.05, 0.1) is 31.6 Å². The van der Waals surface area contributed by atoms with Crippen LogP contribution >= 0.6 is 0 Å². The number of halogens is 1. The average molecular weight is 607 g/mol. The lowest BCUT2D eigenvalue weighted by Gasteiger charge is -2.16. The van der Waals surface area contributed by atoms with Gasteiger partial charge in [-0.15, -0.1) is 0 Å². The maximum absolute atomic E-state index is 13.7. The van der Waals surface area contributed by atoms with Crippen molar-refractivity contribution in [3.63, 3.8) is 0 Å². The van der Waals surface area contributed by atoms with Gasteiger partial charge in [-0.25, -0.2) is 9.37 Å². The van der Waals surface area contributed by atoms with E-state index in [-0.39, 0.29) is 11.1 Å². The zero-order valence-electron chi connectivity index (χ0n) is 24.7. The lowest BCUT2D eigenvalue weighted by molar-refractivity contribution is 0.102. The number of aromatic nitrogens is 5. The minimum atomic E-state index is -0.611. The van der Waals surface area contributed by atoms with Crippen molar-refractivity contribution < 1.29 is 23.4 Å². The van der Waals surface area contributed by atoms with Crippen molar-refractivity contribution in [1.82, 2.24) is 24.3 Å². The van der Waals surface area contributed by atoms with E-state index in [1.165, 1.54) is 44.7 Å². The molecule has 226 valence electrons. The highest BCUT2D eigenvalue weighted by Crippen LogP contribution is 2.34. The monoisotopic (exact) mass is 606 g/mol. The Morgan fingerprint density at radius 1 is 0.956 bits per heavy atom. The molecule has 0 aliphatic heterocycles. The highest BCUT2D eigenvalue weighted by Gasteiger charge is 2.21. The summed E-state index contributed by atoms with van der Waals surface area (Å²) >= 11 is 0. The normalized spacial score (nSPS) is 11.0. The number of rotatable bonds is 8. The molecule has 0 fully saturated rings. The molecule has 0 bridgehead atoms. The number of nitrogens with zero attached hydrogens (tertiary/aromatic N) is 5. The number of methoxy groups -OCH3 is 2. The molecule has 0 aliphatic rings. The van der Waals surface area contributed by atoms with Crippen molar-refractivity contribution in [1.29, 1.82) is 0 Å². The van der Waals surface area contributed by atoms with Crippen molar-refractivity contribution in [3.05, 3.63) is 113 Å². The van der Waals surface area contributed by atoms with E-state index < -0.39 is 17.2 Å². The number of carbonyl (C=O) groups is 1. The van der Waals surface area contributed by atoms with Gasteiger partial charge in [-0.1, -0.05) is 12.1 Å². The third-order valence-corrected chi connectivity index (χ3v) is 7.16. The summed E-state index contributed by atoms with van der Waals surface area (Å²) in [5.41, 5.74) is 2.90. The van der Waals surface area contributed by atoms with Gasteiger partial charge in [0.2, 0.25) is 5.43 Å². The van der Waals surface area contributed by atoms with Crippen molar-refractivity contribution in [2.75, 3.05) is 19.5 Å². The fourth-order valence-electron chi connectivity index (χ4n) is 4.94. The van der Waals surface area contributed by atoms with E-state index in [1.54, 1.807) is 78.2 Å². The number of amides is 1. The molecule has 0 unspecified atom stereocenters. The standard InChI is InChI=1S/C33H27FN6O5/c1-19-29(20-5-7-21(34)8-6-20)31(41)25(18-40(19)23-16-36-39(2)17-23)32(42)37-22-9-11-24(12-10-22)45-27-13-14-35-26-15-28(43-3)33(44-4)38-30(26)27/h5-18H,1-4H3,(H,37,42). The zero-order valence-corrected chi connectivity index (χ0v) is 24.7. The number of hydrogen-bond donors (Lipinski definition) is 1. The molecule has 4 heterocycles. The largest absolute Gasteiger partial charge is 0.491 e. The molecule has 6 aromatic rings. The van der Waals surface area contributed by atoms with Gasteiger partial charge >= 0.3 is 0 Å². The van der Waals surface area contributed by atoms with Crippen LogP contribution in [0, 0.1) is 12.7 Å². The quantitative estimate of drug-likeness (QED) is 0.235. The molecule has 1 N–H and O–H groups in total. The molecule has 0 saturated carbocycles. The van der Waals surface area contributed by atoms with E-state index in [0.29, 0.717) is 56.8 Å². The topological polar surface area (TPSA) is 122 Å². The van der Waals surface area contributed by atoms with Crippen molar-refractivity contribution >= 4 is 22.6 Å². The molecule has 0 atom stereocenters. The zero-order chi connectivity index (χ0) is 31.7. The predicted molar refractivity (Wildman–Crippen MR) is 166 cm³/mol. The Morgan fingerprint density at radius 3 is 2.38 bits per heavy atom. The van der Waals surface area contributed by atoms with Crippen LogP contribution in [0.25, 0.3) is 27.8 Å². The molecular formula is C33H27FN6O5. The number of carbonyl (C=O) groups excluding carboxylic acids is 1. The summed E-state index contributed by atoms with van der Waals surface area (Å²) in [7, 11) is 4.78. The first-order valence-electron chi connectivity index (χ1n) is 13.7. The van der Waals surface area contributed by atoms with Crippen molar-refractivity contribution in [2.45, 2.75) is 6.92 Å². The Hall–Kier alpha value is -6.04. The minimum Gasteiger partial charge on any atom is -0.491 e. The Kier molecular flexibility index (Phi) is 7.69. The van der Waals surface area contributed by atoms with Crippen LogP contribution in [0.2, 0.25) is 0 Å². The molecule has 0 aliphatic carbocycles. The first-order valence-corrected chi connectivity index (χ1v) is 13.7. The van der Waals surface area contributed by atoms with Gasteiger partial charge < -0.3 is 24.1 Å². The molecule has 2 aromatic carbocycles. The second-order valence-corrected chi connectivity index (χ2v) is 10.0. The Bertz CT molecular complexity index is 2110. The summed E-state index contributed by atoms with van der Waals surface area (Å²) in [6, 6.07) is 15.6. The van der Waals surface area contributed by atoms with E-state index in [9.17, 15) is 14.0 Å². The third kappa shape index (κ3) is 5.68. The van der Waals surface area contributed by atoms with Crippen molar-refractivity contribution in [3.8, 4) is 39.9 Å². The summed E-state index contributed by atoms with van der Waals surface area (Å²) in [6.45, 7) is 1.77. The number of fused-ring (bicyclic) bond motifs is 1. The van der Waals surface area contributed by atoms with Crippen LogP contribution in [0.3, 0.4) is 0 Å². The number of hydrogen-bond acceptors (Lipinski definition) is 8. The molecule has 0 radical (unpaired) electrons. The molecule has 0 spiro atoms. The lowest BCUT2D eigenvalue weighted by atomic mass is 10.0. The summed E-state index contributed by atoms with van der Waals surface area (Å²) < 4.78 is 33.7. The highest BCUT2D eigenvalue weighted by atomic mass is 19.1. The number of ether oxygens (including phenoxy) is 3. The maximum Gasteiger partial charge on any atom is 0.261 e. The van der Waals surface area contributed by atoms with Gasteiger partial charge in [0.25, 0.3) is 11.8 Å². The Balaban J connectivity index is 1.30. The molecule has 1 amide bonds. The second-order valence-electron chi connectivity index (χ2n) is 10.0. The fourth-order valence-corrected chi connectivity index (χ4v) is 4.94. The predicted octanol–water partition coefficient (Wildman–Crippen LogP) is 5.69. The van der Waals surface area contributed by atoms with Gasteiger partial charge in [0, 0.05) is 54.7 Å². The van der Waals surface area contributed by atoms with Gasteiger partial charge in [-0.2, -0.15) is 5.10 Å². The average Bonchev–Trinajstić information content (AvgIpc) is 3.48. The number of benzene rings is 2. The van der Waals surface area contributed by atoms with Gasteiger partial charge in [0.15, 0.2) is 11.5 Å². The SMILES string of the molecule is COc1cc2nccc(Oc3ccc(NC(=O)c4cn(-c5cnn(C)c5)c(C)c(-c5ccc(F)cc5)c4=O)cc3)c2nc1OC. The summed E-state index contributed by atoms with van der Waals surface area (Å²) in [5.74, 6) is 0.618. The molecule has 4 aromatic heterocycles. The molecular weight excluding hydrogens is 579 g/mol. The van der Waals surface area contributed by atoms with Crippen LogP contribution in [0.4, 0.5) is 10.1 Å². The van der Waals surface area contributed by atoms with Gasteiger partial charge in [-0.05, 0) is 48.9 Å². The lowest BCUT2D eigenvalue weighted by Crippen LogP contribution is -2.26. The van der Waals surface area contributed by atoms with Gasteiger partial charge in [-0.3, -0.25) is 19.3 Å². The van der Waals surface area contributed by atoms with Crippen LogP contribution in [0.1, 0.15) is 16.1 Å². The van der Waals surface area contributed by atoms with Crippen LogP contribution in [0.5, 0.6) is 23.1 Å². The minimum absolute atomic E-state index is 0.0946. The fraction of sp³-hybridized carbons (Fsp3) is 0.121. The maximum atomic E-state index is 13.7. The first-order chi connectivity index (χ1) is 21.7. The van der Waals surface area contributed by atoms with E-state index in [4.69, 9.17) is 14.2 Å². The number of pyridine rings is 3.